The molecule has 1 aromatic rings. The minimum absolute atomic E-state index is 0.000895. The van der Waals surface area contributed by atoms with Gasteiger partial charge in [-0.1, -0.05) is 18.2 Å². The van der Waals surface area contributed by atoms with Crippen LogP contribution in [-0.2, 0) is 20.8 Å². The first-order valence-electron chi connectivity index (χ1n) is 8.05. The van der Waals surface area contributed by atoms with Gasteiger partial charge in [0.1, 0.15) is 5.82 Å². The predicted octanol–water partition coefficient (Wildman–Crippen LogP) is 1.28. The molecule has 2 fully saturated rings. The van der Waals surface area contributed by atoms with Gasteiger partial charge in [0.15, 0.2) is 5.60 Å². The molecule has 2 aliphatic rings. The molecule has 5 nitrogen and oxygen atoms in total. The molecule has 0 N–H and O–H groups in total. The summed E-state index contributed by atoms with van der Waals surface area (Å²) in [6.07, 6.45) is 0. The molecule has 2 heterocycles. The summed E-state index contributed by atoms with van der Waals surface area (Å²) in [5, 5.41) is 0. The highest BCUT2D eigenvalue weighted by Gasteiger charge is 2.42. The number of nitrogens with zero attached hydrogens (tertiary/aromatic N) is 2. The molecule has 2 aliphatic heterocycles. The Morgan fingerprint density at radius 3 is 2.70 bits per heavy atom. The number of morpholine rings is 2. The third-order valence-corrected chi connectivity index (χ3v) is 4.46. The van der Waals surface area contributed by atoms with Crippen molar-refractivity contribution in [2.24, 2.45) is 0 Å². The number of benzene rings is 1. The molecule has 23 heavy (non-hydrogen) atoms. The molecule has 3 rings (SSSR count). The molecule has 0 saturated carbocycles. The number of ether oxygens (including phenoxy) is 2. The van der Waals surface area contributed by atoms with Crippen molar-refractivity contribution in [3.05, 3.63) is 35.6 Å². The van der Waals surface area contributed by atoms with Crippen LogP contribution in [0.1, 0.15) is 12.5 Å². The smallest absolute Gasteiger partial charge is 0.256 e. The Kier molecular flexibility index (Phi) is 4.94. The van der Waals surface area contributed by atoms with E-state index in [1.54, 1.807) is 17.0 Å². The Labute approximate surface area is 136 Å². The summed E-state index contributed by atoms with van der Waals surface area (Å²) in [4.78, 5) is 16.7. The Bertz CT molecular complexity index is 563. The highest BCUT2D eigenvalue weighted by molar-refractivity contribution is 5.85. The quantitative estimate of drug-likeness (QED) is 0.841. The molecule has 1 amide bonds. The van der Waals surface area contributed by atoms with Gasteiger partial charge in [0, 0.05) is 38.3 Å². The van der Waals surface area contributed by atoms with Gasteiger partial charge in [-0.3, -0.25) is 9.69 Å². The summed E-state index contributed by atoms with van der Waals surface area (Å²) in [6, 6.07) is 6.76. The minimum atomic E-state index is -0.874. The van der Waals surface area contributed by atoms with Crippen LogP contribution in [0, 0.1) is 5.82 Å². The second-order valence-corrected chi connectivity index (χ2v) is 6.29. The molecular weight excluding hydrogens is 299 g/mol. The number of halogens is 1. The fourth-order valence-corrected chi connectivity index (χ4v) is 3.18. The fraction of sp³-hybridized carbons (Fsp3) is 0.588. The lowest BCUT2D eigenvalue weighted by molar-refractivity contribution is -0.171. The Morgan fingerprint density at radius 2 is 1.96 bits per heavy atom. The zero-order valence-corrected chi connectivity index (χ0v) is 13.5. The number of hydrogen-bond donors (Lipinski definition) is 0. The average Bonchev–Trinajstić information content (AvgIpc) is 2.57. The highest BCUT2D eigenvalue weighted by atomic mass is 19.1. The monoisotopic (exact) mass is 322 g/mol. The summed E-state index contributed by atoms with van der Waals surface area (Å²) in [5.74, 6) is -0.209. The van der Waals surface area contributed by atoms with Gasteiger partial charge < -0.3 is 14.4 Å². The lowest BCUT2D eigenvalue weighted by Crippen LogP contribution is -2.60. The van der Waals surface area contributed by atoms with E-state index in [1.807, 2.05) is 13.0 Å². The summed E-state index contributed by atoms with van der Waals surface area (Å²) in [5.41, 5.74) is -0.225. The summed E-state index contributed by atoms with van der Waals surface area (Å²) in [6.45, 7) is 6.30. The zero-order valence-electron chi connectivity index (χ0n) is 13.5. The molecule has 0 unspecified atom stereocenters. The van der Waals surface area contributed by atoms with Gasteiger partial charge in [0.25, 0.3) is 5.91 Å². The van der Waals surface area contributed by atoms with Gasteiger partial charge in [-0.2, -0.15) is 0 Å². The van der Waals surface area contributed by atoms with Crippen LogP contribution in [-0.4, -0.2) is 67.3 Å². The lowest BCUT2D eigenvalue weighted by Gasteiger charge is -2.42. The first-order valence-corrected chi connectivity index (χ1v) is 8.05. The Morgan fingerprint density at radius 1 is 1.22 bits per heavy atom. The van der Waals surface area contributed by atoms with Crippen molar-refractivity contribution in [1.29, 1.82) is 0 Å². The van der Waals surface area contributed by atoms with Gasteiger partial charge in [-0.15, -0.1) is 0 Å². The van der Waals surface area contributed by atoms with E-state index in [9.17, 15) is 9.18 Å². The third-order valence-electron chi connectivity index (χ3n) is 4.46. The maximum absolute atomic E-state index is 13.8. The first-order chi connectivity index (χ1) is 11.1. The maximum Gasteiger partial charge on any atom is 0.256 e. The van der Waals surface area contributed by atoms with Crippen LogP contribution in [0.15, 0.2) is 24.3 Å². The van der Waals surface area contributed by atoms with E-state index in [1.165, 1.54) is 6.07 Å². The molecule has 1 aromatic carbocycles. The first kappa shape index (κ1) is 16.4. The number of hydrogen-bond acceptors (Lipinski definition) is 4. The van der Waals surface area contributed by atoms with Crippen LogP contribution in [0.4, 0.5) is 4.39 Å². The van der Waals surface area contributed by atoms with E-state index in [2.05, 4.69) is 4.90 Å². The SMILES string of the molecule is C[C@@]1(C(=O)N2CCOCC2)CN(Cc2ccccc2F)CCO1. The van der Waals surface area contributed by atoms with Crippen molar-refractivity contribution in [3.8, 4) is 0 Å². The molecular formula is C17H23FN2O3. The Balaban J connectivity index is 1.67. The summed E-state index contributed by atoms with van der Waals surface area (Å²) < 4.78 is 24.9. The molecule has 0 aliphatic carbocycles. The van der Waals surface area contributed by atoms with Gasteiger partial charge in [0.2, 0.25) is 0 Å². The number of amides is 1. The van der Waals surface area contributed by atoms with E-state index in [4.69, 9.17) is 9.47 Å². The van der Waals surface area contributed by atoms with Crippen molar-refractivity contribution >= 4 is 5.91 Å². The Hall–Kier alpha value is -1.50. The van der Waals surface area contributed by atoms with Crippen LogP contribution >= 0.6 is 0 Å². The highest BCUT2D eigenvalue weighted by Crippen LogP contribution is 2.23. The standard InChI is InChI=1S/C17H23FN2O3/c1-17(16(21)20-7-9-22-10-8-20)13-19(6-11-23-17)12-14-4-2-3-5-15(14)18/h2-5H,6-13H2,1H3/t17-/m0/s1. The van der Waals surface area contributed by atoms with Gasteiger partial charge in [-0.05, 0) is 13.0 Å². The van der Waals surface area contributed by atoms with Crippen LogP contribution in [0.5, 0.6) is 0 Å². The molecule has 0 bridgehead atoms. The van der Waals surface area contributed by atoms with Gasteiger partial charge in [-0.25, -0.2) is 4.39 Å². The molecule has 6 heteroatoms. The van der Waals surface area contributed by atoms with Crippen molar-refractivity contribution in [2.75, 3.05) is 46.0 Å². The second kappa shape index (κ2) is 6.95. The van der Waals surface area contributed by atoms with E-state index in [0.717, 1.165) is 0 Å². The largest absolute Gasteiger partial charge is 0.378 e. The van der Waals surface area contributed by atoms with Crippen molar-refractivity contribution in [3.63, 3.8) is 0 Å². The molecule has 0 radical (unpaired) electrons. The minimum Gasteiger partial charge on any atom is -0.378 e. The van der Waals surface area contributed by atoms with Crippen LogP contribution in [0.25, 0.3) is 0 Å². The van der Waals surface area contributed by atoms with Gasteiger partial charge in [0.05, 0.1) is 19.8 Å². The zero-order chi connectivity index (χ0) is 16.3. The lowest BCUT2D eigenvalue weighted by atomic mass is 10.0. The maximum atomic E-state index is 13.8. The normalized spacial score (nSPS) is 26.3. The van der Waals surface area contributed by atoms with E-state index < -0.39 is 5.60 Å². The number of carbonyl (C=O) groups excluding carboxylic acids is 1. The van der Waals surface area contributed by atoms with Crippen molar-refractivity contribution in [2.45, 2.75) is 19.1 Å². The molecule has 0 spiro atoms. The molecule has 2 saturated heterocycles. The second-order valence-electron chi connectivity index (χ2n) is 6.29. The van der Waals surface area contributed by atoms with Crippen molar-refractivity contribution < 1.29 is 18.7 Å². The van der Waals surface area contributed by atoms with E-state index >= 15 is 0 Å². The fourth-order valence-electron chi connectivity index (χ4n) is 3.18. The molecule has 0 aromatic heterocycles. The third kappa shape index (κ3) is 3.71. The number of carbonyl (C=O) groups is 1. The van der Waals surface area contributed by atoms with Gasteiger partial charge >= 0.3 is 0 Å². The predicted molar refractivity (Wildman–Crippen MR) is 83.4 cm³/mol. The van der Waals surface area contributed by atoms with Crippen LogP contribution in [0.2, 0.25) is 0 Å². The van der Waals surface area contributed by atoms with Crippen molar-refractivity contribution in [1.82, 2.24) is 9.80 Å². The summed E-state index contributed by atoms with van der Waals surface area (Å²) >= 11 is 0. The molecule has 1 atom stereocenters. The topological polar surface area (TPSA) is 42.0 Å². The van der Waals surface area contributed by atoms with Crippen LogP contribution < -0.4 is 0 Å². The molecule has 126 valence electrons. The van der Waals surface area contributed by atoms with E-state index in [0.29, 0.717) is 58.1 Å². The van der Waals surface area contributed by atoms with E-state index in [-0.39, 0.29) is 11.7 Å². The average molecular weight is 322 g/mol. The number of rotatable bonds is 3. The van der Waals surface area contributed by atoms with Crippen LogP contribution in [0.3, 0.4) is 0 Å². The summed E-state index contributed by atoms with van der Waals surface area (Å²) in [7, 11) is 0.